The first kappa shape index (κ1) is 7.60. The SMILES string of the molecule is C1CCC(CCNC2CC2)C1. The van der Waals surface area contributed by atoms with E-state index in [1.54, 1.807) is 0 Å². The molecule has 0 bridgehead atoms. The van der Waals surface area contributed by atoms with Gasteiger partial charge in [0.15, 0.2) is 0 Å². The van der Waals surface area contributed by atoms with Crippen molar-refractivity contribution in [2.24, 2.45) is 5.92 Å². The molecule has 64 valence electrons. The Hall–Kier alpha value is -0.0400. The lowest BCUT2D eigenvalue weighted by atomic mass is 10.0. The Kier molecular flexibility index (Phi) is 2.47. The Morgan fingerprint density at radius 1 is 1.00 bits per heavy atom. The standard InChI is InChI=1S/C10H19N/c1-2-4-9(3-1)7-8-11-10-5-6-10/h9-11H,1-8H2. The topological polar surface area (TPSA) is 12.0 Å². The summed E-state index contributed by atoms with van der Waals surface area (Å²) in [5.74, 6) is 1.07. The normalized spacial score (nSPS) is 26.2. The van der Waals surface area contributed by atoms with Crippen molar-refractivity contribution in [1.29, 1.82) is 0 Å². The van der Waals surface area contributed by atoms with Crippen molar-refractivity contribution in [3.05, 3.63) is 0 Å². The first-order valence-electron chi connectivity index (χ1n) is 5.18. The molecule has 0 atom stereocenters. The molecule has 2 aliphatic rings. The van der Waals surface area contributed by atoms with Crippen LogP contribution in [0.15, 0.2) is 0 Å². The molecule has 0 radical (unpaired) electrons. The van der Waals surface area contributed by atoms with E-state index in [0.29, 0.717) is 0 Å². The summed E-state index contributed by atoms with van der Waals surface area (Å²) in [4.78, 5) is 0. The minimum Gasteiger partial charge on any atom is -0.314 e. The Bertz CT molecular complexity index is 112. The molecule has 0 heterocycles. The molecule has 1 nitrogen and oxygen atoms in total. The molecule has 0 amide bonds. The molecule has 0 unspecified atom stereocenters. The van der Waals surface area contributed by atoms with Crippen molar-refractivity contribution in [2.75, 3.05) is 6.54 Å². The van der Waals surface area contributed by atoms with Crippen molar-refractivity contribution in [3.8, 4) is 0 Å². The van der Waals surface area contributed by atoms with Crippen LogP contribution in [0.2, 0.25) is 0 Å². The van der Waals surface area contributed by atoms with Gasteiger partial charge in [0.05, 0.1) is 0 Å². The van der Waals surface area contributed by atoms with Crippen LogP contribution in [0.3, 0.4) is 0 Å². The van der Waals surface area contributed by atoms with E-state index < -0.39 is 0 Å². The van der Waals surface area contributed by atoms with Gasteiger partial charge in [0.25, 0.3) is 0 Å². The summed E-state index contributed by atoms with van der Waals surface area (Å²) >= 11 is 0. The van der Waals surface area contributed by atoms with Crippen LogP contribution in [-0.4, -0.2) is 12.6 Å². The molecule has 0 aromatic heterocycles. The molecule has 1 heteroatoms. The zero-order chi connectivity index (χ0) is 7.52. The zero-order valence-electron chi connectivity index (χ0n) is 7.31. The second kappa shape index (κ2) is 3.57. The van der Waals surface area contributed by atoms with Gasteiger partial charge in [0.1, 0.15) is 0 Å². The van der Waals surface area contributed by atoms with Gasteiger partial charge < -0.3 is 5.32 Å². The molecule has 0 aliphatic heterocycles. The summed E-state index contributed by atoms with van der Waals surface area (Å²) in [6, 6.07) is 0.913. The summed E-state index contributed by atoms with van der Waals surface area (Å²) < 4.78 is 0. The van der Waals surface area contributed by atoms with Crippen molar-refractivity contribution < 1.29 is 0 Å². The van der Waals surface area contributed by atoms with E-state index >= 15 is 0 Å². The molecule has 2 fully saturated rings. The van der Waals surface area contributed by atoms with Crippen LogP contribution in [0.4, 0.5) is 0 Å². The van der Waals surface area contributed by atoms with Crippen LogP contribution in [0, 0.1) is 5.92 Å². The average molecular weight is 153 g/mol. The lowest BCUT2D eigenvalue weighted by Gasteiger charge is -2.08. The number of hydrogen-bond acceptors (Lipinski definition) is 1. The third-order valence-electron chi connectivity index (χ3n) is 3.04. The average Bonchev–Trinajstić information content (AvgIpc) is 2.66. The molecule has 2 aliphatic carbocycles. The Balaban J connectivity index is 1.51. The summed E-state index contributed by atoms with van der Waals surface area (Å²) in [5, 5.41) is 3.58. The maximum atomic E-state index is 3.58. The van der Waals surface area contributed by atoms with E-state index in [1.807, 2.05) is 0 Å². The van der Waals surface area contributed by atoms with Gasteiger partial charge in [-0.15, -0.1) is 0 Å². The molecule has 0 saturated heterocycles. The van der Waals surface area contributed by atoms with Crippen molar-refractivity contribution in [1.82, 2.24) is 5.32 Å². The van der Waals surface area contributed by atoms with E-state index in [9.17, 15) is 0 Å². The van der Waals surface area contributed by atoms with Gasteiger partial charge >= 0.3 is 0 Å². The van der Waals surface area contributed by atoms with Crippen molar-refractivity contribution in [2.45, 2.75) is 51.0 Å². The Morgan fingerprint density at radius 2 is 1.73 bits per heavy atom. The van der Waals surface area contributed by atoms with Gasteiger partial charge in [0, 0.05) is 6.04 Å². The number of hydrogen-bond donors (Lipinski definition) is 1. The monoisotopic (exact) mass is 153 g/mol. The third kappa shape index (κ3) is 2.48. The maximum Gasteiger partial charge on any atom is 0.00682 e. The fourth-order valence-corrected chi connectivity index (χ4v) is 2.08. The molecule has 0 spiro atoms. The van der Waals surface area contributed by atoms with Crippen LogP contribution in [0.25, 0.3) is 0 Å². The van der Waals surface area contributed by atoms with Crippen LogP contribution in [0.1, 0.15) is 44.9 Å². The van der Waals surface area contributed by atoms with E-state index in [1.165, 1.54) is 51.5 Å². The molecule has 0 aromatic rings. The minimum absolute atomic E-state index is 0.913. The minimum atomic E-state index is 0.913. The first-order valence-corrected chi connectivity index (χ1v) is 5.18. The van der Waals surface area contributed by atoms with Crippen LogP contribution in [-0.2, 0) is 0 Å². The first-order chi connectivity index (χ1) is 5.45. The van der Waals surface area contributed by atoms with Gasteiger partial charge in [-0.25, -0.2) is 0 Å². The Morgan fingerprint density at radius 3 is 2.36 bits per heavy atom. The summed E-state index contributed by atoms with van der Waals surface area (Å²) in [6.45, 7) is 1.29. The zero-order valence-corrected chi connectivity index (χ0v) is 7.31. The third-order valence-corrected chi connectivity index (χ3v) is 3.04. The Labute approximate surface area is 69.6 Å². The van der Waals surface area contributed by atoms with E-state index in [0.717, 1.165) is 12.0 Å². The van der Waals surface area contributed by atoms with E-state index in [-0.39, 0.29) is 0 Å². The molecular formula is C10H19N. The molecule has 11 heavy (non-hydrogen) atoms. The fraction of sp³-hybridized carbons (Fsp3) is 1.00. The van der Waals surface area contributed by atoms with Crippen molar-refractivity contribution >= 4 is 0 Å². The smallest absolute Gasteiger partial charge is 0.00682 e. The second-order valence-electron chi connectivity index (χ2n) is 4.17. The highest BCUT2D eigenvalue weighted by atomic mass is 14.9. The molecule has 1 N–H and O–H groups in total. The summed E-state index contributed by atoms with van der Waals surface area (Å²) in [5.41, 5.74) is 0. The molecular weight excluding hydrogens is 134 g/mol. The van der Waals surface area contributed by atoms with Crippen LogP contribution < -0.4 is 5.32 Å². The fourth-order valence-electron chi connectivity index (χ4n) is 2.08. The van der Waals surface area contributed by atoms with Gasteiger partial charge in [-0.3, -0.25) is 0 Å². The molecule has 2 saturated carbocycles. The highest BCUT2D eigenvalue weighted by Crippen LogP contribution is 2.27. The molecule has 0 aromatic carbocycles. The maximum absolute atomic E-state index is 3.58. The van der Waals surface area contributed by atoms with E-state index in [2.05, 4.69) is 5.32 Å². The predicted molar refractivity (Wildman–Crippen MR) is 47.6 cm³/mol. The predicted octanol–water partition coefficient (Wildman–Crippen LogP) is 2.32. The number of rotatable bonds is 4. The molecule has 2 rings (SSSR count). The van der Waals surface area contributed by atoms with Crippen LogP contribution in [0.5, 0.6) is 0 Å². The quantitative estimate of drug-likeness (QED) is 0.653. The van der Waals surface area contributed by atoms with Gasteiger partial charge in [0.2, 0.25) is 0 Å². The van der Waals surface area contributed by atoms with Gasteiger partial charge in [-0.2, -0.15) is 0 Å². The lowest BCUT2D eigenvalue weighted by molar-refractivity contribution is 0.476. The largest absolute Gasteiger partial charge is 0.314 e. The van der Waals surface area contributed by atoms with Gasteiger partial charge in [-0.05, 0) is 31.7 Å². The van der Waals surface area contributed by atoms with Gasteiger partial charge in [-0.1, -0.05) is 25.7 Å². The second-order valence-corrected chi connectivity index (χ2v) is 4.17. The summed E-state index contributed by atoms with van der Waals surface area (Å²) in [6.07, 6.45) is 10.3. The summed E-state index contributed by atoms with van der Waals surface area (Å²) in [7, 11) is 0. The van der Waals surface area contributed by atoms with Crippen LogP contribution >= 0.6 is 0 Å². The van der Waals surface area contributed by atoms with E-state index in [4.69, 9.17) is 0 Å². The highest BCUT2D eigenvalue weighted by Gasteiger charge is 2.21. The van der Waals surface area contributed by atoms with Crippen molar-refractivity contribution in [3.63, 3.8) is 0 Å². The lowest BCUT2D eigenvalue weighted by Crippen LogP contribution is -2.19. The highest BCUT2D eigenvalue weighted by molar-refractivity contribution is 4.81. The number of nitrogens with one attached hydrogen (secondary N) is 1.